The average molecular weight is 524 g/mol. The van der Waals surface area contributed by atoms with Gasteiger partial charge in [0.15, 0.2) is 0 Å². The van der Waals surface area contributed by atoms with Gasteiger partial charge in [-0.3, -0.25) is 14.4 Å². The van der Waals surface area contributed by atoms with Crippen molar-refractivity contribution in [2.24, 2.45) is 0 Å². The molecule has 1 unspecified atom stereocenters. The molecule has 38 heavy (non-hydrogen) atoms. The Labute approximate surface area is 224 Å². The van der Waals surface area contributed by atoms with Crippen LogP contribution in [0.1, 0.15) is 77.8 Å². The van der Waals surface area contributed by atoms with Crippen molar-refractivity contribution < 1.29 is 33.4 Å². The number of fused-ring (bicyclic) bond motifs is 3. The van der Waals surface area contributed by atoms with Gasteiger partial charge in [0, 0.05) is 12.3 Å². The van der Waals surface area contributed by atoms with E-state index < -0.39 is 47.5 Å². The van der Waals surface area contributed by atoms with E-state index in [1.54, 1.807) is 41.5 Å². The SMILES string of the molecule is CC(C)(C)OC(=O)CCC(NC(=O)CC(=O)OCC1c2ccccc2-c2ccccc21)C(=O)OC(C)(C)C. The Hall–Kier alpha value is -3.68. The minimum Gasteiger partial charge on any atom is -0.464 e. The largest absolute Gasteiger partial charge is 0.464 e. The van der Waals surface area contributed by atoms with Crippen molar-refractivity contribution >= 4 is 23.8 Å². The second-order valence-electron chi connectivity index (χ2n) is 11.4. The van der Waals surface area contributed by atoms with E-state index in [4.69, 9.17) is 14.2 Å². The summed E-state index contributed by atoms with van der Waals surface area (Å²) in [7, 11) is 0. The van der Waals surface area contributed by atoms with Crippen LogP contribution < -0.4 is 5.32 Å². The molecule has 1 aliphatic rings. The summed E-state index contributed by atoms with van der Waals surface area (Å²) >= 11 is 0. The number of nitrogens with one attached hydrogen (secondary N) is 1. The molecule has 3 rings (SSSR count). The molecule has 0 saturated heterocycles. The van der Waals surface area contributed by atoms with Gasteiger partial charge < -0.3 is 19.5 Å². The Balaban J connectivity index is 1.59. The highest BCUT2D eigenvalue weighted by Crippen LogP contribution is 2.44. The molecule has 0 radical (unpaired) electrons. The lowest BCUT2D eigenvalue weighted by atomic mass is 9.98. The number of esters is 3. The maximum absolute atomic E-state index is 12.7. The molecule has 8 heteroatoms. The molecule has 0 spiro atoms. The number of benzene rings is 2. The summed E-state index contributed by atoms with van der Waals surface area (Å²) in [6.45, 7) is 10.4. The van der Waals surface area contributed by atoms with Crippen molar-refractivity contribution in [2.45, 2.75) is 84.0 Å². The summed E-state index contributed by atoms with van der Waals surface area (Å²) in [5, 5.41) is 2.53. The zero-order valence-corrected chi connectivity index (χ0v) is 23.0. The number of amides is 1. The van der Waals surface area contributed by atoms with E-state index in [1.807, 2.05) is 48.5 Å². The first-order valence-corrected chi connectivity index (χ1v) is 12.8. The van der Waals surface area contributed by atoms with Gasteiger partial charge in [-0.15, -0.1) is 0 Å². The van der Waals surface area contributed by atoms with Gasteiger partial charge in [0.2, 0.25) is 5.91 Å². The summed E-state index contributed by atoms with van der Waals surface area (Å²) in [5.74, 6) is -2.72. The van der Waals surface area contributed by atoms with Gasteiger partial charge in [0.05, 0.1) is 0 Å². The highest BCUT2D eigenvalue weighted by Gasteiger charge is 2.31. The maximum atomic E-state index is 12.7. The quantitative estimate of drug-likeness (QED) is 0.289. The third-order valence-electron chi connectivity index (χ3n) is 5.76. The maximum Gasteiger partial charge on any atom is 0.329 e. The monoisotopic (exact) mass is 523 g/mol. The van der Waals surface area contributed by atoms with Gasteiger partial charge in [0.25, 0.3) is 0 Å². The average Bonchev–Trinajstić information content (AvgIpc) is 3.12. The third kappa shape index (κ3) is 8.16. The lowest BCUT2D eigenvalue weighted by Gasteiger charge is -2.25. The van der Waals surface area contributed by atoms with Gasteiger partial charge in [-0.2, -0.15) is 0 Å². The Morgan fingerprint density at radius 2 is 1.32 bits per heavy atom. The first-order chi connectivity index (χ1) is 17.7. The van der Waals surface area contributed by atoms with Crippen LogP contribution >= 0.6 is 0 Å². The fourth-order valence-electron chi connectivity index (χ4n) is 4.32. The summed E-state index contributed by atoms with van der Waals surface area (Å²) in [6.07, 6.45) is -0.700. The Bertz CT molecular complexity index is 1140. The van der Waals surface area contributed by atoms with E-state index in [-0.39, 0.29) is 25.4 Å². The van der Waals surface area contributed by atoms with Crippen LogP contribution in [0.5, 0.6) is 0 Å². The molecule has 2 aromatic rings. The van der Waals surface area contributed by atoms with E-state index >= 15 is 0 Å². The molecule has 1 amide bonds. The second-order valence-corrected chi connectivity index (χ2v) is 11.4. The van der Waals surface area contributed by atoms with Crippen LogP contribution in [-0.2, 0) is 33.4 Å². The lowest BCUT2D eigenvalue weighted by molar-refractivity contribution is -0.161. The number of hydrogen-bond acceptors (Lipinski definition) is 7. The summed E-state index contributed by atoms with van der Waals surface area (Å²) in [5.41, 5.74) is 2.88. The molecule has 0 fully saturated rings. The molecule has 204 valence electrons. The van der Waals surface area contributed by atoms with E-state index in [2.05, 4.69) is 5.32 Å². The van der Waals surface area contributed by atoms with E-state index in [9.17, 15) is 19.2 Å². The number of carbonyl (C=O) groups is 4. The minimum atomic E-state index is -1.12. The van der Waals surface area contributed by atoms with Gasteiger partial charge in [0.1, 0.15) is 30.3 Å². The Morgan fingerprint density at radius 1 is 0.789 bits per heavy atom. The zero-order valence-electron chi connectivity index (χ0n) is 23.0. The Kier molecular flexibility index (Phi) is 8.97. The molecule has 0 heterocycles. The molecule has 8 nitrogen and oxygen atoms in total. The highest BCUT2D eigenvalue weighted by molar-refractivity contribution is 5.96. The van der Waals surface area contributed by atoms with Crippen LogP contribution in [0.15, 0.2) is 48.5 Å². The fourth-order valence-corrected chi connectivity index (χ4v) is 4.32. The van der Waals surface area contributed by atoms with Crippen LogP contribution in [0, 0.1) is 0 Å². The number of rotatable bonds is 9. The predicted molar refractivity (Wildman–Crippen MR) is 142 cm³/mol. The normalized spacial score (nSPS) is 13.6. The van der Waals surface area contributed by atoms with Gasteiger partial charge in [-0.05, 0) is 70.2 Å². The first kappa shape index (κ1) is 28.9. The third-order valence-corrected chi connectivity index (χ3v) is 5.76. The van der Waals surface area contributed by atoms with Crippen LogP contribution in [0.4, 0.5) is 0 Å². The molecular weight excluding hydrogens is 486 g/mol. The number of carbonyl (C=O) groups excluding carboxylic acids is 4. The summed E-state index contributed by atoms with van der Waals surface area (Å²) < 4.78 is 16.2. The van der Waals surface area contributed by atoms with Crippen LogP contribution in [-0.4, -0.2) is 47.7 Å². The molecule has 1 aliphatic carbocycles. The van der Waals surface area contributed by atoms with Crippen molar-refractivity contribution in [3.8, 4) is 11.1 Å². The summed E-state index contributed by atoms with van der Waals surface area (Å²) in [6, 6.07) is 14.8. The van der Waals surface area contributed by atoms with E-state index in [1.165, 1.54) is 0 Å². The predicted octanol–water partition coefficient (Wildman–Crippen LogP) is 4.68. The molecule has 1 N–H and O–H groups in total. The van der Waals surface area contributed by atoms with Crippen molar-refractivity contribution in [1.29, 1.82) is 0 Å². The minimum absolute atomic E-state index is 0.0275. The summed E-state index contributed by atoms with van der Waals surface area (Å²) in [4.78, 5) is 50.1. The van der Waals surface area contributed by atoms with Crippen LogP contribution in [0.3, 0.4) is 0 Å². The van der Waals surface area contributed by atoms with Crippen molar-refractivity contribution in [1.82, 2.24) is 5.32 Å². The van der Waals surface area contributed by atoms with Crippen LogP contribution in [0.2, 0.25) is 0 Å². The fraction of sp³-hybridized carbons (Fsp3) is 0.467. The Morgan fingerprint density at radius 3 is 1.84 bits per heavy atom. The van der Waals surface area contributed by atoms with Crippen molar-refractivity contribution in [3.63, 3.8) is 0 Å². The molecule has 2 aromatic carbocycles. The second kappa shape index (κ2) is 11.8. The van der Waals surface area contributed by atoms with Crippen molar-refractivity contribution in [2.75, 3.05) is 6.61 Å². The standard InChI is InChI=1S/C30H37NO7/c1-29(2,3)37-26(33)16-15-24(28(35)38-30(4,5)6)31-25(32)17-27(34)36-18-23-21-13-9-7-11-19(21)20-12-8-10-14-22(20)23/h7-14,23-24H,15-18H2,1-6H3,(H,31,32). The molecule has 1 atom stereocenters. The first-order valence-electron chi connectivity index (χ1n) is 12.8. The smallest absolute Gasteiger partial charge is 0.329 e. The van der Waals surface area contributed by atoms with Gasteiger partial charge >= 0.3 is 17.9 Å². The van der Waals surface area contributed by atoms with Gasteiger partial charge in [-0.25, -0.2) is 4.79 Å². The molecule has 0 bridgehead atoms. The zero-order chi connectivity index (χ0) is 28.1. The highest BCUT2D eigenvalue weighted by atomic mass is 16.6. The molecule has 0 aromatic heterocycles. The molecular formula is C30H37NO7. The van der Waals surface area contributed by atoms with E-state index in [0.717, 1.165) is 22.3 Å². The number of hydrogen-bond donors (Lipinski definition) is 1. The van der Waals surface area contributed by atoms with Crippen LogP contribution in [0.25, 0.3) is 11.1 Å². The molecule has 0 saturated carbocycles. The topological polar surface area (TPSA) is 108 Å². The van der Waals surface area contributed by atoms with Gasteiger partial charge in [-0.1, -0.05) is 48.5 Å². The van der Waals surface area contributed by atoms with E-state index in [0.29, 0.717) is 0 Å². The lowest BCUT2D eigenvalue weighted by Crippen LogP contribution is -2.45. The van der Waals surface area contributed by atoms with Crippen molar-refractivity contribution in [3.05, 3.63) is 59.7 Å². The number of ether oxygens (including phenoxy) is 3. The molecule has 0 aliphatic heterocycles.